The Labute approximate surface area is 196 Å². The number of esters is 1. The first kappa shape index (κ1) is 22.3. The van der Waals surface area contributed by atoms with E-state index in [0.29, 0.717) is 24.6 Å². The molecule has 0 spiro atoms. The molecule has 0 saturated carbocycles. The first-order valence-corrected chi connectivity index (χ1v) is 12.4. The Hall–Kier alpha value is -3.50. The molecule has 2 aromatic carbocycles. The Morgan fingerprint density at radius 2 is 1.91 bits per heavy atom. The lowest BCUT2D eigenvalue weighted by Crippen LogP contribution is -2.38. The fraction of sp³-hybridized carbons (Fsp3) is 0.292. The molecule has 5 rings (SSSR count). The molecule has 1 aliphatic rings. The minimum absolute atomic E-state index is 0.0305. The van der Waals surface area contributed by atoms with Gasteiger partial charge in [-0.25, -0.2) is 13.2 Å². The van der Waals surface area contributed by atoms with Crippen molar-refractivity contribution in [2.45, 2.75) is 30.6 Å². The van der Waals surface area contributed by atoms with Crippen molar-refractivity contribution in [3.05, 3.63) is 65.7 Å². The van der Waals surface area contributed by atoms with Gasteiger partial charge in [-0.2, -0.15) is 9.29 Å². The van der Waals surface area contributed by atoms with Crippen LogP contribution in [0.2, 0.25) is 0 Å². The number of aromatic nitrogens is 3. The third-order valence-corrected chi connectivity index (χ3v) is 8.13. The summed E-state index contributed by atoms with van der Waals surface area (Å²) in [7, 11) is -2.62. The zero-order valence-electron chi connectivity index (χ0n) is 18.8. The number of hydrogen-bond acceptors (Lipinski definition) is 7. The summed E-state index contributed by atoms with van der Waals surface area (Å²) in [5.41, 5.74) is 2.97. The third-order valence-electron chi connectivity index (χ3n) is 6.17. The van der Waals surface area contributed by atoms with Gasteiger partial charge < -0.3 is 14.2 Å². The number of aromatic amines is 1. The van der Waals surface area contributed by atoms with Crippen LogP contribution >= 0.6 is 0 Å². The number of carbonyl (C=O) groups is 1. The molecule has 9 nitrogen and oxygen atoms in total. The van der Waals surface area contributed by atoms with Crippen molar-refractivity contribution in [3.63, 3.8) is 0 Å². The van der Waals surface area contributed by atoms with Gasteiger partial charge in [-0.1, -0.05) is 29.4 Å². The Balaban J connectivity index is 1.31. The molecule has 10 heteroatoms. The minimum atomic E-state index is -3.85. The number of nitrogens with one attached hydrogen (secondary N) is 1. The van der Waals surface area contributed by atoms with Crippen LogP contribution in [-0.2, 0) is 14.8 Å². The molecule has 0 radical (unpaired) electrons. The quantitative estimate of drug-likeness (QED) is 0.431. The summed E-state index contributed by atoms with van der Waals surface area (Å²) in [4.78, 5) is 19.9. The topological polar surface area (TPSA) is 118 Å². The number of aryl methyl sites for hydroxylation is 1. The van der Waals surface area contributed by atoms with Gasteiger partial charge in [0.2, 0.25) is 21.7 Å². The highest BCUT2D eigenvalue weighted by Gasteiger charge is 2.34. The molecular weight excluding hydrogens is 456 g/mol. The second kappa shape index (κ2) is 8.69. The zero-order chi connectivity index (χ0) is 23.9. The predicted octanol–water partition coefficient (Wildman–Crippen LogP) is 3.88. The Morgan fingerprint density at radius 3 is 2.68 bits per heavy atom. The highest BCUT2D eigenvalue weighted by Crippen LogP contribution is 2.32. The number of carbonyl (C=O) groups excluding carboxylic acids is 1. The van der Waals surface area contributed by atoms with E-state index in [2.05, 4.69) is 21.2 Å². The number of fused-ring (bicyclic) bond motifs is 1. The van der Waals surface area contributed by atoms with E-state index in [9.17, 15) is 13.2 Å². The van der Waals surface area contributed by atoms with Crippen LogP contribution in [0.25, 0.3) is 22.3 Å². The summed E-state index contributed by atoms with van der Waals surface area (Å²) < 4.78 is 38.2. The van der Waals surface area contributed by atoms with Crippen molar-refractivity contribution in [2.75, 3.05) is 20.2 Å². The van der Waals surface area contributed by atoms with E-state index >= 15 is 0 Å². The summed E-state index contributed by atoms with van der Waals surface area (Å²) in [6.07, 6.45) is 1.08. The molecule has 2 aromatic heterocycles. The fourth-order valence-corrected chi connectivity index (χ4v) is 6.03. The van der Waals surface area contributed by atoms with E-state index < -0.39 is 16.0 Å². The lowest BCUT2D eigenvalue weighted by atomic mass is 9.98. The average molecular weight is 481 g/mol. The second-order valence-electron chi connectivity index (χ2n) is 8.38. The van der Waals surface area contributed by atoms with Crippen molar-refractivity contribution >= 4 is 26.9 Å². The van der Waals surface area contributed by atoms with Crippen LogP contribution in [0.1, 0.15) is 40.7 Å². The summed E-state index contributed by atoms with van der Waals surface area (Å²) in [6.45, 7) is 2.58. The molecule has 0 amide bonds. The molecule has 0 unspecified atom stereocenters. The number of H-pyrrole nitrogens is 1. The Kier molecular flexibility index (Phi) is 5.70. The van der Waals surface area contributed by atoms with Gasteiger partial charge in [0.1, 0.15) is 0 Å². The molecule has 176 valence electrons. The molecule has 4 aromatic rings. The van der Waals surface area contributed by atoms with E-state index in [1.54, 1.807) is 12.1 Å². The first-order chi connectivity index (χ1) is 16.4. The summed E-state index contributed by atoms with van der Waals surface area (Å²) >= 11 is 0. The van der Waals surface area contributed by atoms with Crippen LogP contribution in [0.3, 0.4) is 0 Å². The van der Waals surface area contributed by atoms with Gasteiger partial charge in [0.05, 0.1) is 17.6 Å². The van der Waals surface area contributed by atoms with E-state index in [4.69, 9.17) is 9.26 Å². The molecule has 0 bridgehead atoms. The molecule has 1 saturated heterocycles. The monoisotopic (exact) mass is 480 g/mol. The molecular formula is C24H24N4O5S. The Morgan fingerprint density at radius 1 is 1.15 bits per heavy atom. The third kappa shape index (κ3) is 3.99. The number of rotatable bonds is 5. The van der Waals surface area contributed by atoms with Crippen LogP contribution < -0.4 is 0 Å². The van der Waals surface area contributed by atoms with Crippen molar-refractivity contribution in [1.82, 2.24) is 19.4 Å². The highest BCUT2D eigenvalue weighted by atomic mass is 32.2. The Bertz CT molecular complexity index is 1470. The van der Waals surface area contributed by atoms with Gasteiger partial charge in [-0.15, -0.1) is 0 Å². The molecule has 1 aliphatic heterocycles. The minimum Gasteiger partial charge on any atom is -0.465 e. The zero-order valence-corrected chi connectivity index (χ0v) is 19.6. The number of sulfonamides is 1. The van der Waals surface area contributed by atoms with Crippen LogP contribution in [0.15, 0.2) is 57.9 Å². The van der Waals surface area contributed by atoms with E-state index in [1.807, 2.05) is 25.1 Å². The van der Waals surface area contributed by atoms with Crippen molar-refractivity contribution in [2.24, 2.45) is 0 Å². The van der Waals surface area contributed by atoms with E-state index in [-0.39, 0.29) is 29.5 Å². The normalized spacial score (nSPS) is 15.6. The average Bonchev–Trinajstić information content (AvgIpc) is 3.49. The first-order valence-electron chi connectivity index (χ1n) is 11.0. The van der Waals surface area contributed by atoms with Crippen LogP contribution in [0.5, 0.6) is 0 Å². The maximum atomic E-state index is 13.2. The standard InChI is InChI=1S/C24H24N4O5S/c1-15-13-17-7-8-18(14-20(17)25-15)22-26-23(33-27-22)16-9-11-28(12-10-16)34(30,31)21-6-4-3-5-19(21)24(29)32-2/h3-8,13-14,16,25H,9-12H2,1-2H3. The van der Waals surface area contributed by atoms with E-state index in [0.717, 1.165) is 22.2 Å². The molecule has 1 N–H and O–H groups in total. The van der Waals surface area contributed by atoms with Crippen LogP contribution in [-0.4, -0.2) is 54.0 Å². The van der Waals surface area contributed by atoms with Gasteiger partial charge >= 0.3 is 5.97 Å². The van der Waals surface area contributed by atoms with Gasteiger partial charge in [-0.3, -0.25) is 0 Å². The maximum Gasteiger partial charge on any atom is 0.339 e. The number of benzene rings is 2. The molecule has 0 atom stereocenters. The number of piperidine rings is 1. The lowest BCUT2D eigenvalue weighted by molar-refractivity contribution is 0.0596. The number of nitrogens with zero attached hydrogens (tertiary/aromatic N) is 3. The van der Waals surface area contributed by atoms with Gasteiger partial charge in [0.25, 0.3) is 0 Å². The number of ether oxygens (including phenoxy) is 1. The van der Waals surface area contributed by atoms with Crippen molar-refractivity contribution in [1.29, 1.82) is 0 Å². The fourth-order valence-electron chi connectivity index (χ4n) is 4.38. The van der Waals surface area contributed by atoms with Gasteiger partial charge in [0, 0.05) is 35.8 Å². The molecule has 34 heavy (non-hydrogen) atoms. The van der Waals surface area contributed by atoms with Crippen molar-refractivity contribution < 1.29 is 22.5 Å². The lowest BCUT2D eigenvalue weighted by Gasteiger charge is -2.30. The smallest absolute Gasteiger partial charge is 0.339 e. The number of hydrogen-bond donors (Lipinski definition) is 1. The largest absolute Gasteiger partial charge is 0.465 e. The predicted molar refractivity (Wildman–Crippen MR) is 125 cm³/mol. The van der Waals surface area contributed by atoms with Gasteiger partial charge in [0.15, 0.2) is 0 Å². The SMILES string of the molecule is COC(=O)c1ccccc1S(=O)(=O)N1CCC(c2nc(-c3ccc4cc(C)[nH]c4c3)no2)CC1. The second-order valence-corrected chi connectivity index (χ2v) is 10.3. The maximum absolute atomic E-state index is 13.2. The summed E-state index contributed by atoms with van der Waals surface area (Å²) in [5, 5.41) is 5.27. The van der Waals surface area contributed by atoms with Crippen molar-refractivity contribution in [3.8, 4) is 11.4 Å². The highest BCUT2D eigenvalue weighted by molar-refractivity contribution is 7.89. The molecule has 0 aliphatic carbocycles. The van der Waals surface area contributed by atoms with Crippen LogP contribution in [0, 0.1) is 6.92 Å². The molecule has 1 fully saturated rings. The van der Waals surface area contributed by atoms with Gasteiger partial charge in [-0.05, 0) is 49.4 Å². The van der Waals surface area contributed by atoms with E-state index in [1.165, 1.54) is 23.5 Å². The molecule has 3 heterocycles. The summed E-state index contributed by atoms with van der Waals surface area (Å²) in [5.74, 6) is 0.288. The van der Waals surface area contributed by atoms with Crippen LogP contribution in [0.4, 0.5) is 0 Å². The summed E-state index contributed by atoms with van der Waals surface area (Å²) in [6, 6.07) is 14.1. The number of methoxy groups -OCH3 is 1.